The van der Waals surface area contributed by atoms with Crippen LogP contribution in [0, 0.1) is 0 Å². The van der Waals surface area contributed by atoms with E-state index in [2.05, 4.69) is 15.8 Å². The summed E-state index contributed by atoms with van der Waals surface area (Å²) in [6.07, 6.45) is 4.04. The minimum Gasteiger partial charge on any atom is -0.491 e. The topological polar surface area (TPSA) is 80.3 Å². The van der Waals surface area contributed by atoms with Crippen molar-refractivity contribution in [2.24, 2.45) is 0 Å². The number of amides is 2. The fourth-order valence-corrected chi connectivity index (χ4v) is 1.76. The maximum Gasteiger partial charge on any atom is 0.269 e. The van der Waals surface area contributed by atoms with E-state index in [1.807, 2.05) is 13.8 Å². The number of carbonyl (C=O) groups excluding carboxylic acids is 2. The number of hydrogen-bond donors (Lipinski definition) is 2. The summed E-state index contributed by atoms with van der Waals surface area (Å²) in [6.45, 7) is 4.02. The number of hydrazine groups is 1. The molecule has 0 spiro atoms. The van der Waals surface area contributed by atoms with Crippen molar-refractivity contribution in [3.63, 3.8) is 0 Å². The molecule has 1 aromatic heterocycles. The number of aromatic nitrogens is 1. The molecule has 0 saturated heterocycles. The standard InChI is InChI=1S/C17H19N3O3/c1-3-12(2)23-15-6-4-13(5-7-15)16(21)19-20-17(22)14-8-10-18-11-9-14/h4-12H,3H2,1-2H3,(H,19,21)(H,20,22)/t12-/m0/s1. The van der Waals surface area contributed by atoms with Gasteiger partial charge in [0.2, 0.25) is 0 Å². The van der Waals surface area contributed by atoms with Crippen LogP contribution in [0.3, 0.4) is 0 Å². The van der Waals surface area contributed by atoms with Crippen LogP contribution in [0.1, 0.15) is 41.0 Å². The third-order valence-corrected chi connectivity index (χ3v) is 3.26. The third-order valence-electron chi connectivity index (χ3n) is 3.26. The minimum atomic E-state index is -0.405. The SMILES string of the molecule is CC[C@H](C)Oc1ccc(C(=O)NNC(=O)c2ccncc2)cc1. The third kappa shape index (κ3) is 4.81. The summed E-state index contributed by atoms with van der Waals surface area (Å²) in [5, 5.41) is 0. The van der Waals surface area contributed by atoms with Gasteiger partial charge >= 0.3 is 0 Å². The number of hydrogen-bond acceptors (Lipinski definition) is 4. The molecular formula is C17H19N3O3. The Morgan fingerprint density at radius 2 is 1.52 bits per heavy atom. The summed E-state index contributed by atoms with van der Waals surface area (Å²) in [4.78, 5) is 27.6. The normalized spacial score (nSPS) is 11.4. The first-order chi connectivity index (χ1) is 11.1. The number of nitrogens with one attached hydrogen (secondary N) is 2. The van der Waals surface area contributed by atoms with Gasteiger partial charge in [-0.25, -0.2) is 0 Å². The van der Waals surface area contributed by atoms with Gasteiger partial charge in [-0.1, -0.05) is 6.92 Å². The molecule has 1 atom stereocenters. The van der Waals surface area contributed by atoms with Crippen LogP contribution in [0.4, 0.5) is 0 Å². The summed E-state index contributed by atoms with van der Waals surface area (Å²) in [7, 11) is 0. The van der Waals surface area contributed by atoms with Gasteiger partial charge in [-0.05, 0) is 49.7 Å². The molecule has 6 heteroatoms. The zero-order valence-electron chi connectivity index (χ0n) is 13.1. The lowest BCUT2D eigenvalue weighted by molar-refractivity contribution is 0.0846. The van der Waals surface area contributed by atoms with Crippen molar-refractivity contribution in [1.82, 2.24) is 15.8 Å². The molecule has 1 aromatic carbocycles. The zero-order valence-corrected chi connectivity index (χ0v) is 13.1. The highest BCUT2D eigenvalue weighted by atomic mass is 16.5. The van der Waals surface area contributed by atoms with Gasteiger partial charge in [-0.2, -0.15) is 0 Å². The van der Waals surface area contributed by atoms with Crippen LogP contribution in [-0.2, 0) is 0 Å². The van der Waals surface area contributed by atoms with Gasteiger partial charge in [0.1, 0.15) is 5.75 Å². The molecule has 0 aliphatic rings. The average molecular weight is 313 g/mol. The number of rotatable bonds is 5. The van der Waals surface area contributed by atoms with Crippen molar-refractivity contribution in [1.29, 1.82) is 0 Å². The molecule has 120 valence electrons. The molecule has 2 N–H and O–H groups in total. The van der Waals surface area contributed by atoms with E-state index in [1.165, 1.54) is 12.4 Å². The lowest BCUT2D eigenvalue weighted by atomic mass is 10.2. The predicted octanol–water partition coefficient (Wildman–Crippen LogP) is 2.33. The molecule has 6 nitrogen and oxygen atoms in total. The van der Waals surface area contributed by atoms with Gasteiger partial charge in [-0.3, -0.25) is 25.4 Å². The summed E-state index contributed by atoms with van der Waals surface area (Å²) in [5.74, 6) is -0.100. The van der Waals surface area contributed by atoms with Crippen LogP contribution >= 0.6 is 0 Å². The van der Waals surface area contributed by atoms with E-state index in [-0.39, 0.29) is 6.10 Å². The molecule has 2 amide bonds. The number of ether oxygens (including phenoxy) is 1. The number of nitrogens with zero attached hydrogens (tertiary/aromatic N) is 1. The Hall–Kier alpha value is -2.89. The Bertz CT molecular complexity index is 657. The number of pyridine rings is 1. The molecule has 0 aliphatic heterocycles. The average Bonchev–Trinajstić information content (AvgIpc) is 2.60. The van der Waals surface area contributed by atoms with E-state index in [1.54, 1.807) is 36.4 Å². The van der Waals surface area contributed by atoms with Crippen LogP contribution < -0.4 is 15.6 Å². The minimum absolute atomic E-state index is 0.120. The van der Waals surface area contributed by atoms with Gasteiger partial charge in [0.15, 0.2) is 0 Å². The maximum absolute atomic E-state index is 12.0. The molecule has 23 heavy (non-hydrogen) atoms. The van der Waals surface area contributed by atoms with Gasteiger partial charge in [-0.15, -0.1) is 0 Å². The Morgan fingerprint density at radius 3 is 2.04 bits per heavy atom. The van der Waals surface area contributed by atoms with Crippen molar-refractivity contribution < 1.29 is 14.3 Å². The highest BCUT2D eigenvalue weighted by Gasteiger charge is 2.09. The Kier molecular flexibility index (Phi) is 5.68. The van der Waals surface area contributed by atoms with Crippen LogP contribution in [0.25, 0.3) is 0 Å². The van der Waals surface area contributed by atoms with Crippen molar-refractivity contribution >= 4 is 11.8 Å². The van der Waals surface area contributed by atoms with Gasteiger partial charge < -0.3 is 4.74 Å². The molecule has 0 unspecified atom stereocenters. The summed E-state index contributed by atoms with van der Waals surface area (Å²) >= 11 is 0. The fourth-order valence-electron chi connectivity index (χ4n) is 1.76. The molecule has 0 aliphatic carbocycles. The second kappa shape index (κ2) is 7.93. The van der Waals surface area contributed by atoms with E-state index in [0.29, 0.717) is 16.9 Å². The highest BCUT2D eigenvalue weighted by molar-refractivity contribution is 5.99. The van der Waals surface area contributed by atoms with Crippen molar-refractivity contribution in [3.05, 3.63) is 59.9 Å². The van der Waals surface area contributed by atoms with Crippen LogP contribution in [0.15, 0.2) is 48.8 Å². The first-order valence-corrected chi connectivity index (χ1v) is 7.37. The molecule has 0 bridgehead atoms. The Balaban J connectivity index is 1.89. The van der Waals surface area contributed by atoms with E-state index >= 15 is 0 Å². The Morgan fingerprint density at radius 1 is 1.00 bits per heavy atom. The first kappa shape index (κ1) is 16.5. The van der Waals surface area contributed by atoms with Gasteiger partial charge in [0, 0.05) is 23.5 Å². The van der Waals surface area contributed by atoms with E-state index in [4.69, 9.17) is 4.74 Å². The molecule has 1 heterocycles. The lowest BCUT2D eigenvalue weighted by Crippen LogP contribution is -2.41. The second-order valence-corrected chi connectivity index (χ2v) is 5.01. The van der Waals surface area contributed by atoms with Crippen LogP contribution in [0.2, 0.25) is 0 Å². The van der Waals surface area contributed by atoms with Gasteiger partial charge in [0.25, 0.3) is 11.8 Å². The van der Waals surface area contributed by atoms with Crippen LogP contribution in [0.5, 0.6) is 5.75 Å². The monoisotopic (exact) mass is 313 g/mol. The smallest absolute Gasteiger partial charge is 0.269 e. The highest BCUT2D eigenvalue weighted by Crippen LogP contribution is 2.14. The molecule has 2 rings (SSSR count). The largest absolute Gasteiger partial charge is 0.491 e. The lowest BCUT2D eigenvalue weighted by Gasteiger charge is -2.13. The summed E-state index contributed by atoms with van der Waals surface area (Å²) < 4.78 is 5.65. The van der Waals surface area contributed by atoms with E-state index in [0.717, 1.165) is 6.42 Å². The van der Waals surface area contributed by atoms with Crippen molar-refractivity contribution in [2.45, 2.75) is 26.4 Å². The maximum atomic E-state index is 12.0. The van der Waals surface area contributed by atoms with Crippen molar-refractivity contribution in [2.75, 3.05) is 0 Å². The Labute approximate surface area is 134 Å². The van der Waals surface area contributed by atoms with E-state index < -0.39 is 11.8 Å². The molecule has 2 aromatic rings. The molecule has 0 saturated carbocycles. The summed E-state index contributed by atoms with van der Waals surface area (Å²) in [5.41, 5.74) is 5.57. The fraction of sp³-hybridized carbons (Fsp3) is 0.235. The first-order valence-electron chi connectivity index (χ1n) is 7.37. The van der Waals surface area contributed by atoms with Gasteiger partial charge in [0.05, 0.1) is 6.10 Å². The molecular weight excluding hydrogens is 294 g/mol. The molecule has 0 fully saturated rings. The molecule has 0 radical (unpaired) electrons. The zero-order chi connectivity index (χ0) is 16.7. The van der Waals surface area contributed by atoms with E-state index in [9.17, 15) is 9.59 Å². The number of benzene rings is 1. The quantitative estimate of drug-likeness (QED) is 0.830. The van der Waals surface area contributed by atoms with Crippen LogP contribution in [-0.4, -0.2) is 22.9 Å². The predicted molar refractivity (Wildman–Crippen MR) is 86.0 cm³/mol. The van der Waals surface area contributed by atoms with Crippen molar-refractivity contribution in [3.8, 4) is 5.75 Å². The number of carbonyl (C=O) groups is 2. The summed E-state index contributed by atoms with van der Waals surface area (Å²) in [6, 6.07) is 9.86. The second-order valence-electron chi connectivity index (χ2n) is 5.01.